The first kappa shape index (κ1) is 25.5. The predicted octanol–water partition coefficient (Wildman–Crippen LogP) is 4.76. The Morgan fingerprint density at radius 2 is 2.02 bits per heavy atom. The Morgan fingerprint density at radius 1 is 1.22 bits per heavy atom. The Bertz CT molecular complexity index is 1830. The molecule has 1 saturated carbocycles. The minimum atomic E-state index is -0.00102. The second-order valence-electron chi connectivity index (χ2n) is 11.6. The molecule has 210 valence electrons. The monoisotopic (exact) mass is 551 g/mol. The summed E-state index contributed by atoms with van der Waals surface area (Å²) in [6.07, 6.45) is 7.11. The van der Waals surface area contributed by atoms with E-state index in [0.717, 1.165) is 81.4 Å². The van der Waals surface area contributed by atoms with Gasteiger partial charge in [-0.15, -0.1) is 0 Å². The van der Waals surface area contributed by atoms with Crippen LogP contribution < -0.4 is 0 Å². The van der Waals surface area contributed by atoms with Crippen LogP contribution >= 0.6 is 0 Å². The predicted molar refractivity (Wildman–Crippen MR) is 157 cm³/mol. The van der Waals surface area contributed by atoms with Crippen molar-refractivity contribution in [2.45, 2.75) is 39.3 Å². The van der Waals surface area contributed by atoms with E-state index >= 15 is 0 Å². The number of hydrogen-bond donors (Lipinski definition) is 2. The summed E-state index contributed by atoms with van der Waals surface area (Å²) in [5.74, 6) is 0.234. The highest BCUT2D eigenvalue weighted by molar-refractivity contribution is 6.03. The Morgan fingerprint density at radius 3 is 2.78 bits per heavy atom. The number of nitrogens with one attached hydrogen (secondary N) is 1. The minimum Gasteiger partial charge on any atom is -0.507 e. The van der Waals surface area contributed by atoms with E-state index in [1.54, 1.807) is 13.3 Å². The van der Waals surface area contributed by atoms with Gasteiger partial charge in [-0.05, 0) is 56.5 Å². The quantitative estimate of drug-likeness (QED) is 0.282. The Balaban J connectivity index is 1.33. The van der Waals surface area contributed by atoms with Crippen molar-refractivity contribution in [3.8, 4) is 28.1 Å². The van der Waals surface area contributed by atoms with Gasteiger partial charge in [0.05, 0.1) is 36.4 Å². The Kier molecular flexibility index (Phi) is 5.79. The highest BCUT2D eigenvalue weighted by Crippen LogP contribution is 2.55. The fourth-order valence-electron chi connectivity index (χ4n) is 6.79. The van der Waals surface area contributed by atoms with Crippen molar-refractivity contribution in [2.24, 2.45) is 5.41 Å². The average Bonchev–Trinajstić information content (AvgIpc) is 3.63. The number of hydrogen-bond acceptors (Lipinski definition) is 6. The molecule has 5 aromatic rings. The Labute approximate surface area is 237 Å². The van der Waals surface area contributed by atoms with Crippen molar-refractivity contribution in [1.29, 1.82) is 0 Å². The number of aromatic amines is 1. The SMILES string of the molecule is C=CC(=O)N1CC2(CC(n3nc(-c4ccc5nn(CCOC)cc5c4)c(-c4c(O)c(C)cc5[nH]ncc45)c3C)C2)C1. The van der Waals surface area contributed by atoms with Crippen LogP contribution in [0.15, 0.2) is 49.3 Å². The van der Waals surface area contributed by atoms with Gasteiger partial charge >= 0.3 is 0 Å². The molecule has 10 heteroatoms. The van der Waals surface area contributed by atoms with E-state index in [2.05, 4.69) is 45.6 Å². The highest BCUT2D eigenvalue weighted by atomic mass is 16.5. The molecule has 0 atom stereocenters. The van der Waals surface area contributed by atoms with Crippen LogP contribution in [0.3, 0.4) is 0 Å². The summed E-state index contributed by atoms with van der Waals surface area (Å²) >= 11 is 0. The molecule has 2 N–H and O–H groups in total. The number of carbonyl (C=O) groups is 1. The number of benzene rings is 2. The number of methoxy groups -OCH3 is 1. The normalized spacial score (nSPS) is 16.4. The molecule has 7 rings (SSSR count). The Hall–Kier alpha value is -4.44. The van der Waals surface area contributed by atoms with Gasteiger partial charge in [0.25, 0.3) is 0 Å². The molecule has 0 bridgehead atoms. The zero-order chi connectivity index (χ0) is 28.5. The van der Waals surface area contributed by atoms with Crippen molar-refractivity contribution >= 4 is 27.7 Å². The molecule has 0 unspecified atom stereocenters. The number of phenolic OH excluding ortho intramolecular Hbond substituents is 1. The van der Waals surface area contributed by atoms with Gasteiger partial charge in [-0.3, -0.25) is 19.3 Å². The average molecular weight is 552 g/mol. The number of aromatic hydroxyl groups is 1. The van der Waals surface area contributed by atoms with Crippen LogP contribution in [0.1, 0.15) is 30.1 Å². The van der Waals surface area contributed by atoms with Crippen LogP contribution in [0.2, 0.25) is 0 Å². The van der Waals surface area contributed by atoms with E-state index in [4.69, 9.17) is 9.84 Å². The number of ether oxygens (including phenoxy) is 1. The minimum absolute atomic E-state index is 0.00102. The lowest BCUT2D eigenvalue weighted by Crippen LogP contribution is -2.63. The largest absolute Gasteiger partial charge is 0.507 e. The van der Waals surface area contributed by atoms with Gasteiger partial charge in [0, 0.05) is 65.0 Å². The lowest BCUT2D eigenvalue weighted by atomic mass is 9.60. The summed E-state index contributed by atoms with van der Waals surface area (Å²) in [7, 11) is 1.69. The third-order valence-electron chi connectivity index (χ3n) is 8.88. The van der Waals surface area contributed by atoms with Crippen molar-refractivity contribution in [3.63, 3.8) is 0 Å². The number of nitrogens with zero attached hydrogens (tertiary/aromatic N) is 6. The molecule has 1 amide bonds. The molecule has 1 saturated heterocycles. The maximum atomic E-state index is 12.0. The fourth-order valence-corrected chi connectivity index (χ4v) is 6.79. The van der Waals surface area contributed by atoms with E-state index in [1.807, 2.05) is 34.8 Å². The standard InChI is InChI=1S/C31H33N7O3/c1-5-26(39)36-16-31(17-36)12-22(13-31)38-19(3)27(28-23-14-32-33-25(23)10-18(2)30(28)40)29(35-38)20-6-7-24-21(11-20)15-37(34-24)8-9-41-4/h5-7,10-11,14-15,22,40H,1,8-9,12-13,16-17H2,2-4H3,(H,32,33). The fraction of sp³-hybridized carbons (Fsp3) is 0.355. The van der Waals surface area contributed by atoms with Gasteiger partial charge in [0.2, 0.25) is 5.91 Å². The lowest BCUT2D eigenvalue weighted by Gasteiger charge is -2.58. The van der Waals surface area contributed by atoms with Crippen LogP contribution in [0.5, 0.6) is 5.75 Å². The molecule has 1 spiro atoms. The number of H-pyrrole nitrogens is 1. The second-order valence-corrected chi connectivity index (χ2v) is 11.6. The van der Waals surface area contributed by atoms with Crippen LogP contribution in [-0.2, 0) is 16.1 Å². The number of amides is 1. The summed E-state index contributed by atoms with van der Waals surface area (Å²) < 4.78 is 9.26. The number of aromatic nitrogens is 6. The summed E-state index contributed by atoms with van der Waals surface area (Å²) in [5.41, 5.74) is 7.11. The van der Waals surface area contributed by atoms with E-state index in [0.29, 0.717) is 13.2 Å². The lowest BCUT2D eigenvalue weighted by molar-refractivity contribution is -0.149. The van der Waals surface area contributed by atoms with E-state index < -0.39 is 0 Å². The number of phenols is 1. The first-order chi connectivity index (χ1) is 19.8. The zero-order valence-electron chi connectivity index (χ0n) is 23.5. The van der Waals surface area contributed by atoms with Crippen LogP contribution in [-0.4, -0.2) is 72.5 Å². The first-order valence-corrected chi connectivity index (χ1v) is 13.9. The van der Waals surface area contributed by atoms with Crippen LogP contribution in [0.4, 0.5) is 0 Å². The topological polar surface area (TPSA) is 114 Å². The molecule has 1 aliphatic carbocycles. The molecular formula is C31H33N7O3. The molecule has 41 heavy (non-hydrogen) atoms. The molecule has 2 aliphatic rings. The molecule has 4 heterocycles. The van der Waals surface area contributed by atoms with E-state index in [-0.39, 0.29) is 23.1 Å². The number of likely N-dealkylation sites (tertiary alicyclic amines) is 1. The van der Waals surface area contributed by atoms with Gasteiger partial charge in [-0.1, -0.05) is 12.6 Å². The third-order valence-corrected chi connectivity index (χ3v) is 8.88. The van der Waals surface area contributed by atoms with Crippen molar-refractivity contribution in [3.05, 3.63) is 60.6 Å². The molecule has 10 nitrogen and oxygen atoms in total. The third kappa shape index (κ3) is 3.96. The van der Waals surface area contributed by atoms with Gasteiger partial charge in [-0.25, -0.2) is 0 Å². The van der Waals surface area contributed by atoms with Gasteiger partial charge < -0.3 is 14.7 Å². The smallest absolute Gasteiger partial charge is 0.245 e. The molecule has 2 fully saturated rings. The van der Waals surface area contributed by atoms with Crippen LogP contribution in [0.25, 0.3) is 44.2 Å². The second kappa shape index (κ2) is 9.31. The molecule has 1 aliphatic heterocycles. The number of fused-ring (bicyclic) bond motifs is 2. The summed E-state index contributed by atoms with van der Waals surface area (Å²) in [5, 5.41) is 30.6. The highest BCUT2D eigenvalue weighted by Gasteiger charge is 2.54. The number of carbonyl (C=O) groups excluding carboxylic acids is 1. The molecular weight excluding hydrogens is 518 g/mol. The van der Waals surface area contributed by atoms with Crippen molar-refractivity contribution in [1.82, 2.24) is 34.7 Å². The zero-order valence-corrected chi connectivity index (χ0v) is 23.5. The maximum absolute atomic E-state index is 12.0. The number of rotatable bonds is 7. The first-order valence-electron chi connectivity index (χ1n) is 13.9. The van der Waals surface area contributed by atoms with Crippen molar-refractivity contribution in [2.75, 3.05) is 26.8 Å². The molecule has 3 aromatic heterocycles. The summed E-state index contributed by atoms with van der Waals surface area (Å²) in [4.78, 5) is 13.9. The van der Waals surface area contributed by atoms with Gasteiger partial charge in [0.1, 0.15) is 11.4 Å². The summed E-state index contributed by atoms with van der Waals surface area (Å²) in [6.45, 7) is 10.4. The summed E-state index contributed by atoms with van der Waals surface area (Å²) in [6, 6.07) is 8.33. The number of aryl methyl sites for hydroxylation is 1. The van der Waals surface area contributed by atoms with E-state index in [1.165, 1.54) is 6.08 Å². The van der Waals surface area contributed by atoms with Gasteiger partial charge in [-0.2, -0.15) is 15.3 Å². The molecule has 0 radical (unpaired) electrons. The maximum Gasteiger partial charge on any atom is 0.245 e. The van der Waals surface area contributed by atoms with E-state index in [9.17, 15) is 9.90 Å². The molecule has 2 aromatic carbocycles. The van der Waals surface area contributed by atoms with Gasteiger partial charge in [0.15, 0.2) is 0 Å². The van der Waals surface area contributed by atoms with Crippen molar-refractivity contribution < 1.29 is 14.6 Å². The van der Waals surface area contributed by atoms with Crippen LogP contribution in [0, 0.1) is 19.3 Å².